The number of hydrogen-bond donors (Lipinski definition) is 1. The van der Waals surface area contributed by atoms with Gasteiger partial charge in [0.25, 0.3) is 0 Å². The minimum Gasteiger partial charge on any atom is -0.481 e. The van der Waals surface area contributed by atoms with Crippen LogP contribution in [0.1, 0.15) is 84.0 Å². The van der Waals surface area contributed by atoms with Gasteiger partial charge in [0.15, 0.2) is 5.41 Å². The van der Waals surface area contributed by atoms with Gasteiger partial charge in [0.2, 0.25) is 0 Å². The van der Waals surface area contributed by atoms with E-state index in [1.165, 1.54) is 0 Å². The number of carboxylic acid groups (broad SMARTS) is 1. The van der Waals surface area contributed by atoms with E-state index in [9.17, 15) is 20.0 Å². The highest BCUT2D eigenvalue weighted by molar-refractivity contribution is 5.88. The highest BCUT2D eigenvalue weighted by Gasteiger charge is 2.59. The second-order valence-electron chi connectivity index (χ2n) is 8.02. The van der Waals surface area contributed by atoms with E-state index in [1.54, 1.807) is 0 Å². The average molecular weight is 363 g/mol. The van der Waals surface area contributed by atoms with Crippen LogP contribution in [0.2, 0.25) is 0 Å². The van der Waals surface area contributed by atoms with Gasteiger partial charge in [0, 0.05) is 0 Å². The molecule has 2 aliphatic rings. The fourth-order valence-electron chi connectivity index (χ4n) is 5.01. The molecular weight excluding hydrogens is 330 g/mol. The van der Waals surface area contributed by atoms with E-state index in [4.69, 9.17) is 4.74 Å². The second-order valence-corrected chi connectivity index (χ2v) is 8.02. The zero-order chi connectivity index (χ0) is 19.0. The molecule has 0 radical (unpaired) electrons. The molecule has 5 heteroatoms. The minimum atomic E-state index is -1.53. The Morgan fingerprint density at radius 1 is 1.12 bits per heavy atom. The molecule has 146 valence electrons. The van der Waals surface area contributed by atoms with E-state index in [0.717, 1.165) is 77.0 Å². The Kier molecular flexibility index (Phi) is 7.93. The SMILES string of the molecule is CCCCCCOC(=O)C(C#N)(C1CCCC1)C(C(=O)O)C1CCCC1. The van der Waals surface area contributed by atoms with Crippen LogP contribution < -0.4 is 0 Å². The zero-order valence-corrected chi connectivity index (χ0v) is 16.0. The molecule has 5 nitrogen and oxygen atoms in total. The van der Waals surface area contributed by atoms with Gasteiger partial charge in [-0.05, 0) is 43.9 Å². The molecule has 0 bridgehead atoms. The largest absolute Gasteiger partial charge is 0.481 e. The number of unbranched alkanes of at least 4 members (excludes halogenated alkanes) is 3. The monoisotopic (exact) mass is 363 g/mol. The first-order valence-corrected chi connectivity index (χ1v) is 10.4. The topological polar surface area (TPSA) is 87.4 Å². The highest BCUT2D eigenvalue weighted by Crippen LogP contribution is 2.51. The summed E-state index contributed by atoms with van der Waals surface area (Å²) in [6, 6.07) is 2.21. The predicted molar refractivity (Wildman–Crippen MR) is 98.2 cm³/mol. The van der Waals surface area contributed by atoms with Gasteiger partial charge >= 0.3 is 11.9 Å². The van der Waals surface area contributed by atoms with Crippen LogP contribution in [0.4, 0.5) is 0 Å². The maximum absolute atomic E-state index is 13.1. The van der Waals surface area contributed by atoms with Crippen LogP contribution >= 0.6 is 0 Å². The Labute approximate surface area is 157 Å². The molecule has 2 rings (SSSR count). The first-order valence-electron chi connectivity index (χ1n) is 10.4. The summed E-state index contributed by atoms with van der Waals surface area (Å²) >= 11 is 0. The molecule has 2 saturated carbocycles. The molecule has 0 saturated heterocycles. The molecule has 0 aromatic rings. The normalized spacial score (nSPS) is 21.8. The van der Waals surface area contributed by atoms with E-state index in [1.807, 2.05) is 0 Å². The fourth-order valence-corrected chi connectivity index (χ4v) is 5.01. The van der Waals surface area contributed by atoms with Crippen molar-refractivity contribution < 1.29 is 19.4 Å². The lowest BCUT2D eigenvalue weighted by molar-refractivity contribution is -0.169. The van der Waals surface area contributed by atoms with Crippen LogP contribution in [0, 0.1) is 34.5 Å². The molecule has 2 aliphatic carbocycles. The summed E-state index contributed by atoms with van der Waals surface area (Å²) in [6.07, 6.45) is 10.9. The van der Waals surface area contributed by atoms with Gasteiger partial charge in [0.1, 0.15) is 0 Å². The van der Waals surface area contributed by atoms with Crippen LogP contribution in [-0.2, 0) is 14.3 Å². The van der Waals surface area contributed by atoms with E-state index in [2.05, 4.69) is 13.0 Å². The summed E-state index contributed by atoms with van der Waals surface area (Å²) in [7, 11) is 0. The van der Waals surface area contributed by atoms with Crippen molar-refractivity contribution in [1.82, 2.24) is 0 Å². The number of aliphatic carboxylic acids is 1. The van der Waals surface area contributed by atoms with E-state index in [0.29, 0.717) is 0 Å². The molecule has 0 heterocycles. The number of nitriles is 1. The second kappa shape index (κ2) is 9.94. The maximum atomic E-state index is 13.1. The van der Waals surface area contributed by atoms with Gasteiger partial charge in [-0.25, -0.2) is 0 Å². The van der Waals surface area contributed by atoms with Crippen molar-refractivity contribution in [3.63, 3.8) is 0 Å². The number of carbonyl (C=O) groups is 2. The van der Waals surface area contributed by atoms with Crippen LogP contribution in [0.5, 0.6) is 0 Å². The molecule has 0 aromatic carbocycles. The van der Waals surface area contributed by atoms with Crippen molar-refractivity contribution in [3.8, 4) is 6.07 Å². The summed E-state index contributed by atoms with van der Waals surface area (Å²) in [5.74, 6) is -2.82. The quantitative estimate of drug-likeness (QED) is 0.449. The van der Waals surface area contributed by atoms with Gasteiger partial charge in [-0.1, -0.05) is 51.9 Å². The molecule has 0 amide bonds. The lowest BCUT2D eigenvalue weighted by Gasteiger charge is -2.38. The van der Waals surface area contributed by atoms with Crippen molar-refractivity contribution in [1.29, 1.82) is 5.26 Å². The Hall–Kier alpha value is -1.57. The van der Waals surface area contributed by atoms with Gasteiger partial charge in [-0.2, -0.15) is 5.26 Å². The summed E-state index contributed by atoms with van der Waals surface area (Å²) in [6.45, 7) is 2.40. The van der Waals surface area contributed by atoms with E-state index < -0.39 is 23.3 Å². The van der Waals surface area contributed by atoms with Gasteiger partial charge < -0.3 is 9.84 Å². The molecule has 0 aromatic heterocycles. The molecule has 0 spiro atoms. The molecular formula is C21H33NO4. The average Bonchev–Trinajstić information content (AvgIpc) is 3.32. The van der Waals surface area contributed by atoms with Crippen LogP contribution in [0.15, 0.2) is 0 Å². The Morgan fingerprint density at radius 3 is 2.27 bits per heavy atom. The first kappa shape index (κ1) is 20.7. The number of ether oxygens (including phenoxy) is 1. The number of rotatable bonds is 10. The van der Waals surface area contributed by atoms with Crippen molar-refractivity contribution >= 4 is 11.9 Å². The third-order valence-corrected chi connectivity index (χ3v) is 6.38. The lowest BCUT2D eigenvalue weighted by Crippen LogP contribution is -2.50. The minimum absolute atomic E-state index is 0.0969. The highest BCUT2D eigenvalue weighted by atomic mass is 16.5. The number of nitrogens with zero attached hydrogens (tertiary/aromatic N) is 1. The fraction of sp³-hybridized carbons (Fsp3) is 0.857. The van der Waals surface area contributed by atoms with E-state index >= 15 is 0 Å². The van der Waals surface area contributed by atoms with Crippen molar-refractivity contribution in [2.75, 3.05) is 6.61 Å². The smallest absolute Gasteiger partial charge is 0.327 e. The third-order valence-electron chi connectivity index (χ3n) is 6.38. The Morgan fingerprint density at radius 2 is 1.73 bits per heavy atom. The number of hydrogen-bond acceptors (Lipinski definition) is 4. The van der Waals surface area contributed by atoms with Gasteiger partial charge in [-0.3, -0.25) is 9.59 Å². The molecule has 2 fully saturated rings. The third kappa shape index (κ3) is 4.39. The van der Waals surface area contributed by atoms with Crippen LogP contribution in [0.25, 0.3) is 0 Å². The predicted octanol–water partition coefficient (Wildman–Crippen LogP) is 4.70. The lowest BCUT2D eigenvalue weighted by atomic mass is 9.62. The van der Waals surface area contributed by atoms with Crippen molar-refractivity contribution in [2.24, 2.45) is 23.2 Å². The number of carbonyl (C=O) groups excluding carboxylic acids is 1. The summed E-state index contributed by atoms with van der Waals surface area (Å²) in [4.78, 5) is 25.3. The first-order chi connectivity index (χ1) is 12.6. The van der Waals surface area contributed by atoms with Crippen LogP contribution in [0.3, 0.4) is 0 Å². The Balaban J connectivity index is 2.24. The zero-order valence-electron chi connectivity index (χ0n) is 16.0. The van der Waals surface area contributed by atoms with Crippen molar-refractivity contribution in [3.05, 3.63) is 0 Å². The van der Waals surface area contributed by atoms with Crippen LogP contribution in [-0.4, -0.2) is 23.7 Å². The molecule has 2 atom stereocenters. The Bertz CT molecular complexity index is 515. The summed E-state index contributed by atoms with van der Waals surface area (Å²) < 4.78 is 5.52. The standard InChI is InChI=1S/C21H33NO4/c1-2-3-4-9-14-26-20(25)21(15-22,17-12-7-8-13-17)18(19(23)24)16-10-5-6-11-16/h16-18H,2-14H2,1H3,(H,23,24). The molecule has 26 heavy (non-hydrogen) atoms. The molecule has 0 aliphatic heterocycles. The maximum Gasteiger partial charge on any atom is 0.327 e. The number of carboxylic acids is 1. The molecule has 1 N–H and O–H groups in total. The summed E-state index contributed by atoms with van der Waals surface area (Å²) in [5, 5.41) is 20.1. The van der Waals surface area contributed by atoms with Gasteiger partial charge in [0.05, 0.1) is 18.6 Å². The van der Waals surface area contributed by atoms with Gasteiger partial charge in [-0.15, -0.1) is 0 Å². The molecule has 2 unspecified atom stereocenters. The van der Waals surface area contributed by atoms with Crippen molar-refractivity contribution in [2.45, 2.75) is 84.0 Å². The van der Waals surface area contributed by atoms with E-state index in [-0.39, 0.29) is 18.4 Å². The summed E-state index contributed by atoms with van der Waals surface area (Å²) in [5.41, 5.74) is -1.53. The number of esters is 1.